The quantitative estimate of drug-likeness (QED) is 0.434. The summed E-state index contributed by atoms with van der Waals surface area (Å²) in [7, 11) is -2.03. The first-order valence-corrected chi connectivity index (χ1v) is 11.0. The van der Waals surface area contributed by atoms with E-state index >= 15 is 0 Å². The Morgan fingerprint density at radius 2 is 1.96 bits per heavy atom. The molecule has 4 heteroatoms. The molecule has 1 heterocycles. The number of hydrogen-bond acceptors (Lipinski definition) is 3. The standard InChI is InChI=1S/C24H33O3P/c1-9-16(2)12-19-21-24(14-22(4,5)6,15-23(19,7)8)18-11-10-17(3)13-20(18)26-28(25)27-21/h9-13,25H,1,14-15H2,2-8H3/b16-12-. The van der Waals surface area contributed by atoms with Crippen molar-refractivity contribution in [1.29, 1.82) is 0 Å². The van der Waals surface area contributed by atoms with Crippen LogP contribution in [0.5, 0.6) is 5.75 Å². The van der Waals surface area contributed by atoms with E-state index in [9.17, 15) is 4.89 Å². The molecule has 2 unspecified atom stereocenters. The zero-order chi connectivity index (χ0) is 20.9. The highest BCUT2D eigenvalue weighted by atomic mass is 31.2. The summed E-state index contributed by atoms with van der Waals surface area (Å²) in [6.07, 6.45) is 5.84. The lowest BCUT2D eigenvalue weighted by Crippen LogP contribution is -2.33. The Kier molecular flexibility index (Phi) is 5.32. The Morgan fingerprint density at radius 3 is 2.57 bits per heavy atom. The lowest BCUT2D eigenvalue weighted by atomic mass is 9.66. The molecule has 0 spiro atoms. The van der Waals surface area contributed by atoms with Crippen LogP contribution < -0.4 is 4.52 Å². The summed E-state index contributed by atoms with van der Waals surface area (Å²) in [4.78, 5) is 10.6. The molecule has 0 saturated carbocycles. The molecule has 152 valence electrons. The van der Waals surface area contributed by atoms with E-state index in [0.717, 1.165) is 46.6 Å². The summed E-state index contributed by atoms with van der Waals surface area (Å²) in [5.74, 6) is 1.61. The molecule has 1 aliphatic carbocycles. The molecule has 2 atom stereocenters. The zero-order valence-electron chi connectivity index (χ0n) is 18.2. The van der Waals surface area contributed by atoms with Gasteiger partial charge in [-0.15, -0.1) is 0 Å². The molecule has 0 fully saturated rings. The van der Waals surface area contributed by atoms with E-state index in [2.05, 4.69) is 59.4 Å². The summed E-state index contributed by atoms with van der Waals surface area (Å²) in [6, 6.07) is 6.32. The largest absolute Gasteiger partial charge is 0.459 e. The van der Waals surface area contributed by atoms with Crippen LogP contribution in [0.2, 0.25) is 0 Å². The van der Waals surface area contributed by atoms with Crippen molar-refractivity contribution in [1.82, 2.24) is 0 Å². The average molecular weight is 400 g/mol. The van der Waals surface area contributed by atoms with Crippen LogP contribution in [-0.2, 0) is 9.94 Å². The van der Waals surface area contributed by atoms with E-state index in [1.807, 2.05) is 26.0 Å². The fourth-order valence-electron chi connectivity index (χ4n) is 4.82. The molecule has 2 aliphatic rings. The molecule has 0 bridgehead atoms. The first kappa shape index (κ1) is 21.1. The van der Waals surface area contributed by atoms with Gasteiger partial charge in [0.15, 0.2) is 0 Å². The first-order chi connectivity index (χ1) is 12.9. The molecule has 1 aromatic rings. The smallest absolute Gasteiger partial charge is 0.421 e. The second-order valence-corrected chi connectivity index (χ2v) is 11.0. The summed E-state index contributed by atoms with van der Waals surface area (Å²) < 4.78 is 12.1. The van der Waals surface area contributed by atoms with Gasteiger partial charge in [0.2, 0.25) is 0 Å². The molecular formula is C24H33O3P. The van der Waals surface area contributed by atoms with Crippen molar-refractivity contribution in [2.24, 2.45) is 10.8 Å². The number of benzene rings is 1. The van der Waals surface area contributed by atoms with E-state index in [-0.39, 0.29) is 16.2 Å². The predicted octanol–water partition coefficient (Wildman–Crippen LogP) is 7.11. The molecule has 3 nitrogen and oxygen atoms in total. The molecular weight excluding hydrogens is 367 g/mol. The number of fused-ring (bicyclic) bond motifs is 3. The van der Waals surface area contributed by atoms with Gasteiger partial charge in [-0.05, 0) is 54.7 Å². The lowest BCUT2D eigenvalue weighted by molar-refractivity contribution is 0.206. The maximum Gasteiger partial charge on any atom is 0.459 e. The maximum atomic E-state index is 10.6. The number of rotatable bonds is 3. The van der Waals surface area contributed by atoms with Crippen LogP contribution in [0.1, 0.15) is 65.5 Å². The normalized spacial score (nSPS) is 26.7. The molecule has 1 aliphatic heterocycles. The molecule has 0 amide bonds. The van der Waals surface area contributed by atoms with E-state index in [1.165, 1.54) is 0 Å². The Labute approximate surface area is 171 Å². The van der Waals surface area contributed by atoms with Crippen molar-refractivity contribution in [3.8, 4) is 5.75 Å². The molecule has 0 aromatic heterocycles. The minimum absolute atomic E-state index is 0.0715. The van der Waals surface area contributed by atoms with Crippen molar-refractivity contribution in [3.63, 3.8) is 0 Å². The number of aryl methyl sites for hydroxylation is 1. The van der Waals surface area contributed by atoms with Crippen LogP contribution in [0, 0.1) is 17.8 Å². The van der Waals surface area contributed by atoms with Gasteiger partial charge in [0, 0.05) is 5.56 Å². The lowest BCUT2D eigenvalue weighted by Gasteiger charge is -2.38. The highest BCUT2D eigenvalue weighted by molar-refractivity contribution is 7.41. The average Bonchev–Trinajstić information content (AvgIpc) is 2.66. The van der Waals surface area contributed by atoms with Crippen LogP contribution in [0.15, 0.2) is 53.8 Å². The Morgan fingerprint density at radius 1 is 1.29 bits per heavy atom. The van der Waals surface area contributed by atoms with Crippen molar-refractivity contribution >= 4 is 8.60 Å². The van der Waals surface area contributed by atoms with E-state index < -0.39 is 8.60 Å². The van der Waals surface area contributed by atoms with Crippen molar-refractivity contribution < 1.29 is 13.9 Å². The minimum Gasteiger partial charge on any atom is -0.421 e. The van der Waals surface area contributed by atoms with Gasteiger partial charge in [0.25, 0.3) is 0 Å². The Balaban J connectivity index is 2.37. The molecule has 0 radical (unpaired) electrons. The summed E-state index contributed by atoms with van der Waals surface area (Å²) >= 11 is 0. The second-order valence-electron chi connectivity index (χ2n) is 10.1. The zero-order valence-corrected chi connectivity index (χ0v) is 19.1. The van der Waals surface area contributed by atoms with E-state index in [1.54, 1.807) is 0 Å². The van der Waals surface area contributed by atoms with Gasteiger partial charge in [-0.3, -0.25) is 0 Å². The third-order valence-electron chi connectivity index (χ3n) is 5.68. The van der Waals surface area contributed by atoms with Gasteiger partial charge in [-0.25, -0.2) is 0 Å². The third kappa shape index (κ3) is 3.80. The fraction of sp³-hybridized carbons (Fsp3) is 0.500. The van der Waals surface area contributed by atoms with Crippen molar-refractivity contribution in [3.05, 3.63) is 65.0 Å². The van der Waals surface area contributed by atoms with Gasteiger partial charge in [-0.1, -0.05) is 71.1 Å². The third-order valence-corrected chi connectivity index (χ3v) is 6.37. The molecule has 3 rings (SSSR count). The summed E-state index contributed by atoms with van der Waals surface area (Å²) in [6.45, 7) is 19.3. The number of hydrogen-bond donors (Lipinski definition) is 1. The first-order valence-electron chi connectivity index (χ1n) is 9.90. The SMILES string of the molecule is C=C/C(C)=C\C1=C2OP(O)Oc3cc(C)ccc3C2(CC(C)(C)C)CC1(C)C. The van der Waals surface area contributed by atoms with Crippen molar-refractivity contribution in [2.75, 3.05) is 0 Å². The van der Waals surface area contributed by atoms with Crippen LogP contribution in [-0.4, -0.2) is 4.89 Å². The highest BCUT2D eigenvalue weighted by Gasteiger charge is 2.56. The van der Waals surface area contributed by atoms with Gasteiger partial charge in [-0.2, -0.15) is 0 Å². The molecule has 1 N–H and O–H groups in total. The Hall–Kier alpha value is -1.57. The van der Waals surface area contributed by atoms with E-state index in [4.69, 9.17) is 9.05 Å². The predicted molar refractivity (Wildman–Crippen MR) is 117 cm³/mol. The maximum absolute atomic E-state index is 10.6. The summed E-state index contributed by atoms with van der Waals surface area (Å²) in [5.41, 5.74) is 4.09. The number of allylic oxidation sites excluding steroid dienone is 5. The second kappa shape index (κ2) is 7.04. The highest BCUT2D eigenvalue weighted by Crippen LogP contribution is 2.65. The topological polar surface area (TPSA) is 38.7 Å². The van der Waals surface area contributed by atoms with Crippen LogP contribution in [0.3, 0.4) is 0 Å². The van der Waals surface area contributed by atoms with Crippen LogP contribution >= 0.6 is 8.60 Å². The van der Waals surface area contributed by atoms with Crippen LogP contribution in [0.25, 0.3) is 0 Å². The Bertz CT molecular complexity index is 857. The molecule has 28 heavy (non-hydrogen) atoms. The van der Waals surface area contributed by atoms with E-state index in [0.29, 0.717) is 0 Å². The van der Waals surface area contributed by atoms with Gasteiger partial charge in [0.1, 0.15) is 11.5 Å². The van der Waals surface area contributed by atoms with Gasteiger partial charge < -0.3 is 13.9 Å². The van der Waals surface area contributed by atoms with Crippen molar-refractivity contribution in [2.45, 2.75) is 66.7 Å². The molecule has 1 aromatic carbocycles. The van der Waals surface area contributed by atoms with Crippen LogP contribution in [0.4, 0.5) is 0 Å². The monoisotopic (exact) mass is 400 g/mol. The van der Waals surface area contributed by atoms with Gasteiger partial charge in [0.05, 0.1) is 5.41 Å². The molecule has 0 saturated heterocycles. The summed E-state index contributed by atoms with van der Waals surface area (Å²) in [5, 5.41) is 0. The van der Waals surface area contributed by atoms with Gasteiger partial charge >= 0.3 is 8.60 Å². The minimum atomic E-state index is -2.03. The fourth-order valence-corrected chi connectivity index (χ4v) is 5.61.